The van der Waals surface area contributed by atoms with Crippen LogP contribution >= 0.6 is 7.14 Å². The Bertz CT molecular complexity index is 3830. The highest BCUT2D eigenvalue weighted by atomic mass is 31.2. The molecule has 11 aromatic rings. The Kier molecular flexibility index (Phi) is 10.5. The van der Waals surface area contributed by atoms with Crippen molar-refractivity contribution in [2.45, 2.75) is 31.1 Å². The molecule has 10 aromatic carbocycles. The first-order chi connectivity index (χ1) is 34.8. The highest BCUT2D eigenvalue weighted by Crippen LogP contribution is 2.60. The maximum atomic E-state index is 13.3. The van der Waals surface area contributed by atoms with E-state index in [0.29, 0.717) is 29.3 Å². The van der Waals surface area contributed by atoms with Gasteiger partial charge in [0.05, 0.1) is 0 Å². The molecule has 71 heavy (non-hydrogen) atoms. The molecule has 0 saturated heterocycles. The second kappa shape index (κ2) is 17.3. The number of hydrogen-bond acceptors (Lipinski definition) is 4. The summed E-state index contributed by atoms with van der Waals surface area (Å²) < 4.78 is 13.3. The van der Waals surface area contributed by atoms with Crippen LogP contribution < -0.4 is 5.30 Å². The standard InChI is InChI=1S/C66H52N3OP/c1-71(2,70)60-39-38-53(54-22-9-10-23-55(54)60)45-29-34-50(35-30-45)66(42-43-28-33-52(66)40-43)51-36-31-47(32-37-51)63-67-64(49-21-15-20-48(41-49)44-16-5-3-6-17-44)69-65(68-63)62-58-26-13-11-24-56(58)61(46-18-7-4-8-19-46)57-25-12-14-27-59(57)62/h3-27,29-32,34-39,41,43,52H,28,33,40,42H2,1-2H3. The van der Waals surface area contributed by atoms with Crippen LogP contribution in [0.4, 0.5) is 0 Å². The number of rotatable bonds is 9. The first-order valence-corrected chi connectivity index (χ1v) is 27.6. The summed E-state index contributed by atoms with van der Waals surface area (Å²) in [5, 5.41) is 7.68. The van der Waals surface area contributed by atoms with E-state index in [9.17, 15) is 4.57 Å². The van der Waals surface area contributed by atoms with Crippen molar-refractivity contribution in [3.63, 3.8) is 0 Å². The second-order valence-corrected chi connectivity index (χ2v) is 23.4. The molecule has 5 heteroatoms. The minimum Gasteiger partial charge on any atom is -0.319 e. The lowest BCUT2D eigenvalue weighted by atomic mass is 9.64. The van der Waals surface area contributed by atoms with Gasteiger partial charge < -0.3 is 4.57 Å². The van der Waals surface area contributed by atoms with E-state index in [-0.39, 0.29) is 5.41 Å². The highest BCUT2D eigenvalue weighted by Gasteiger charge is 2.52. The van der Waals surface area contributed by atoms with E-state index in [2.05, 4.69) is 218 Å². The first kappa shape index (κ1) is 43.3. The Labute approximate surface area is 415 Å². The molecule has 2 aliphatic rings. The van der Waals surface area contributed by atoms with E-state index in [1.807, 2.05) is 13.3 Å². The van der Waals surface area contributed by atoms with Crippen molar-refractivity contribution in [2.24, 2.45) is 11.8 Å². The molecule has 1 heterocycles. The Morgan fingerprint density at radius 1 is 0.408 bits per heavy atom. The van der Waals surface area contributed by atoms with Gasteiger partial charge in [0, 0.05) is 27.4 Å². The van der Waals surface area contributed by atoms with Gasteiger partial charge in [0.25, 0.3) is 0 Å². The van der Waals surface area contributed by atoms with Crippen LogP contribution in [0.5, 0.6) is 0 Å². The maximum Gasteiger partial charge on any atom is 0.165 e. The van der Waals surface area contributed by atoms with E-state index in [1.54, 1.807) is 0 Å². The van der Waals surface area contributed by atoms with Gasteiger partial charge >= 0.3 is 0 Å². The molecule has 2 aliphatic carbocycles. The molecule has 4 nitrogen and oxygen atoms in total. The number of fused-ring (bicyclic) bond motifs is 5. The Hall–Kier alpha value is -7.78. The largest absolute Gasteiger partial charge is 0.319 e. The van der Waals surface area contributed by atoms with E-state index in [1.165, 1.54) is 52.6 Å². The molecular weight excluding hydrogens is 882 g/mol. The lowest BCUT2D eigenvalue weighted by Crippen LogP contribution is -2.34. The quantitative estimate of drug-likeness (QED) is 0.107. The summed E-state index contributed by atoms with van der Waals surface area (Å²) in [6.45, 7) is 3.73. The second-order valence-electron chi connectivity index (χ2n) is 20.2. The van der Waals surface area contributed by atoms with Gasteiger partial charge in [-0.3, -0.25) is 0 Å². The number of nitrogens with zero attached hydrogens (tertiary/aromatic N) is 3. The SMILES string of the molecule is CP(C)(=O)c1ccc(-c2ccc(C3(c4ccc(-c5nc(-c6cccc(-c7ccccc7)c6)nc(-c6c7ccccc7c(-c7ccccc7)c7ccccc67)n5)cc4)CC4CCC3C4)cc2)c2ccccc12. The van der Waals surface area contributed by atoms with Crippen molar-refractivity contribution in [3.8, 4) is 67.5 Å². The van der Waals surface area contributed by atoms with Crippen LogP contribution in [0.2, 0.25) is 0 Å². The van der Waals surface area contributed by atoms with Crippen molar-refractivity contribution in [2.75, 3.05) is 13.3 Å². The summed E-state index contributed by atoms with van der Waals surface area (Å²) in [7, 11) is -2.46. The van der Waals surface area contributed by atoms with Gasteiger partial charge in [-0.15, -0.1) is 0 Å². The number of aromatic nitrogens is 3. The fourth-order valence-corrected chi connectivity index (χ4v) is 13.8. The zero-order valence-corrected chi connectivity index (χ0v) is 40.9. The summed E-state index contributed by atoms with van der Waals surface area (Å²) in [6, 6.07) is 78.5. The molecule has 0 aliphatic heterocycles. The van der Waals surface area contributed by atoms with Gasteiger partial charge in [-0.25, -0.2) is 15.0 Å². The molecule has 13 rings (SSSR count). The summed E-state index contributed by atoms with van der Waals surface area (Å²) in [5.41, 5.74) is 12.5. The minimum absolute atomic E-state index is 0.0887. The predicted molar refractivity (Wildman–Crippen MR) is 297 cm³/mol. The zero-order valence-electron chi connectivity index (χ0n) is 40.0. The molecule has 2 bridgehead atoms. The van der Waals surface area contributed by atoms with Crippen molar-refractivity contribution >= 4 is 44.8 Å². The molecule has 2 saturated carbocycles. The normalized spacial score (nSPS) is 17.6. The van der Waals surface area contributed by atoms with E-state index >= 15 is 0 Å². The van der Waals surface area contributed by atoms with Gasteiger partial charge in [-0.1, -0.05) is 219 Å². The van der Waals surface area contributed by atoms with Crippen molar-refractivity contribution in [1.82, 2.24) is 15.0 Å². The molecule has 3 atom stereocenters. The molecule has 0 spiro atoms. The first-order valence-electron chi connectivity index (χ1n) is 25.0. The maximum absolute atomic E-state index is 13.3. The van der Waals surface area contributed by atoms with Gasteiger partial charge in [0.15, 0.2) is 17.5 Å². The van der Waals surface area contributed by atoms with Crippen LogP contribution in [-0.2, 0) is 9.98 Å². The monoisotopic (exact) mass is 933 g/mol. The molecule has 0 N–H and O–H groups in total. The minimum atomic E-state index is -2.46. The van der Waals surface area contributed by atoms with Crippen LogP contribution in [0.3, 0.4) is 0 Å². The number of benzene rings is 10. The van der Waals surface area contributed by atoms with Crippen LogP contribution in [0.15, 0.2) is 218 Å². The van der Waals surface area contributed by atoms with Gasteiger partial charge in [0.1, 0.15) is 7.14 Å². The van der Waals surface area contributed by atoms with Gasteiger partial charge in [-0.05, 0) is 127 Å². The summed E-state index contributed by atoms with van der Waals surface area (Å²) >= 11 is 0. The summed E-state index contributed by atoms with van der Waals surface area (Å²) in [5.74, 6) is 3.22. The van der Waals surface area contributed by atoms with E-state index < -0.39 is 7.14 Å². The molecule has 3 unspecified atom stereocenters. The molecule has 0 amide bonds. The molecule has 1 aromatic heterocycles. The average molecular weight is 934 g/mol. The van der Waals surface area contributed by atoms with Gasteiger partial charge in [-0.2, -0.15) is 0 Å². The third-order valence-electron chi connectivity index (χ3n) is 15.8. The summed E-state index contributed by atoms with van der Waals surface area (Å²) in [4.78, 5) is 16.2. The van der Waals surface area contributed by atoms with Crippen molar-refractivity contribution in [3.05, 3.63) is 230 Å². The third-order valence-corrected chi connectivity index (χ3v) is 17.3. The van der Waals surface area contributed by atoms with Crippen LogP contribution in [0.1, 0.15) is 36.8 Å². The van der Waals surface area contributed by atoms with Crippen molar-refractivity contribution < 1.29 is 4.57 Å². The third kappa shape index (κ3) is 7.43. The Morgan fingerprint density at radius 2 is 0.901 bits per heavy atom. The lowest BCUT2D eigenvalue weighted by Gasteiger charge is -2.39. The topological polar surface area (TPSA) is 55.7 Å². The molecular formula is C66H52N3OP. The van der Waals surface area contributed by atoms with Crippen LogP contribution in [0.25, 0.3) is 99.9 Å². The molecule has 0 radical (unpaired) electrons. The molecule has 2 fully saturated rings. The van der Waals surface area contributed by atoms with Crippen LogP contribution in [-0.4, -0.2) is 28.3 Å². The zero-order chi connectivity index (χ0) is 47.7. The Balaban J connectivity index is 0.947. The smallest absolute Gasteiger partial charge is 0.165 e. The molecule has 342 valence electrons. The Morgan fingerprint density at radius 3 is 1.48 bits per heavy atom. The van der Waals surface area contributed by atoms with E-state index in [4.69, 9.17) is 15.0 Å². The van der Waals surface area contributed by atoms with Crippen molar-refractivity contribution in [1.29, 1.82) is 0 Å². The fraction of sp³-hybridized carbons (Fsp3) is 0.136. The van der Waals surface area contributed by atoms with E-state index in [0.717, 1.165) is 71.9 Å². The van der Waals surface area contributed by atoms with Gasteiger partial charge in [0.2, 0.25) is 0 Å². The number of hydrogen-bond donors (Lipinski definition) is 0. The summed E-state index contributed by atoms with van der Waals surface area (Å²) in [6.07, 6.45) is 4.95. The lowest BCUT2D eigenvalue weighted by molar-refractivity contribution is 0.320. The average Bonchev–Trinajstić information content (AvgIpc) is 4.06. The highest BCUT2D eigenvalue weighted by molar-refractivity contribution is 7.70. The fourth-order valence-electron chi connectivity index (χ4n) is 12.6. The predicted octanol–water partition coefficient (Wildman–Crippen LogP) is 16.7. The van der Waals surface area contributed by atoms with Crippen LogP contribution in [0, 0.1) is 11.8 Å².